The molecule has 0 amide bonds. The third kappa shape index (κ3) is 2.41. The monoisotopic (exact) mass is 256 g/mol. The van der Waals surface area contributed by atoms with Crippen LogP contribution in [0, 0.1) is 11.8 Å². The molecule has 14 heavy (non-hydrogen) atoms. The summed E-state index contributed by atoms with van der Waals surface area (Å²) in [6.07, 6.45) is 8.55. The summed E-state index contributed by atoms with van der Waals surface area (Å²) in [4.78, 5) is 0. The van der Waals surface area contributed by atoms with E-state index in [0.717, 1.165) is 29.3 Å². The molecule has 0 aromatic carbocycles. The van der Waals surface area contributed by atoms with Crippen molar-refractivity contribution in [2.75, 3.05) is 5.33 Å². The molecule has 1 aliphatic rings. The first-order chi connectivity index (χ1) is 6.90. The molecule has 78 valence electrons. The molecule has 0 saturated heterocycles. The van der Waals surface area contributed by atoms with Gasteiger partial charge in [0, 0.05) is 11.8 Å². The Kier molecular flexibility index (Phi) is 3.68. The van der Waals surface area contributed by atoms with Gasteiger partial charge in [-0.05, 0) is 24.0 Å². The number of rotatable bonds is 4. The normalized spacial score (nSPS) is 20.1. The fourth-order valence-corrected chi connectivity index (χ4v) is 3.22. The van der Waals surface area contributed by atoms with Gasteiger partial charge in [-0.1, -0.05) is 41.6 Å². The molecule has 0 bridgehead atoms. The Hall–Kier alpha value is -0.240. The smallest absolute Gasteiger partial charge is 0.104 e. The van der Waals surface area contributed by atoms with E-state index in [0.29, 0.717) is 0 Å². The van der Waals surface area contributed by atoms with Crippen molar-refractivity contribution in [3.8, 4) is 0 Å². The molecule has 1 nitrogen and oxygen atoms in total. The second-order valence-electron chi connectivity index (χ2n) is 4.24. The van der Waals surface area contributed by atoms with Crippen LogP contribution in [0.5, 0.6) is 0 Å². The Balaban J connectivity index is 1.92. The minimum Gasteiger partial charge on any atom is -0.469 e. The molecule has 1 aromatic rings. The van der Waals surface area contributed by atoms with Crippen molar-refractivity contribution in [1.82, 2.24) is 0 Å². The van der Waals surface area contributed by atoms with Crippen LogP contribution in [-0.2, 0) is 6.42 Å². The van der Waals surface area contributed by atoms with Gasteiger partial charge >= 0.3 is 0 Å². The van der Waals surface area contributed by atoms with Gasteiger partial charge < -0.3 is 4.42 Å². The average Bonchev–Trinajstić information content (AvgIpc) is 2.86. The van der Waals surface area contributed by atoms with Gasteiger partial charge in [-0.3, -0.25) is 0 Å². The SMILES string of the molecule is BrCC(Cc1ccco1)C1CCCC1. The van der Waals surface area contributed by atoms with Crippen LogP contribution in [0.4, 0.5) is 0 Å². The zero-order valence-corrected chi connectivity index (χ0v) is 10.0. The Morgan fingerprint density at radius 2 is 2.21 bits per heavy atom. The maximum absolute atomic E-state index is 5.40. The fourth-order valence-electron chi connectivity index (χ4n) is 2.46. The minimum absolute atomic E-state index is 0.767. The van der Waals surface area contributed by atoms with E-state index in [2.05, 4.69) is 22.0 Å². The van der Waals surface area contributed by atoms with Crippen LogP contribution < -0.4 is 0 Å². The highest BCUT2D eigenvalue weighted by Crippen LogP contribution is 2.34. The van der Waals surface area contributed by atoms with Gasteiger partial charge in [-0.2, -0.15) is 0 Å². The molecule has 1 aromatic heterocycles. The first kappa shape index (κ1) is 10.3. The maximum Gasteiger partial charge on any atom is 0.104 e. The molecule has 1 unspecified atom stereocenters. The van der Waals surface area contributed by atoms with E-state index in [9.17, 15) is 0 Å². The molecule has 0 aliphatic heterocycles. The molecule has 0 spiro atoms. The largest absolute Gasteiger partial charge is 0.469 e. The van der Waals surface area contributed by atoms with E-state index < -0.39 is 0 Å². The van der Waals surface area contributed by atoms with Crippen molar-refractivity contribution >= 4 is 15.9 Å². The van der Waals surface area contributed by atoms with Crippen molar-refractivity contribution in [2.24, 2.45) is 11.8 Å². The maximum atomic E-state index is 5.40. The van der Waals surface area contributed by atoms with Crippen molar-refractivity contribution in [2.45, 2.75) is 32.1 Å². The third-order valence-corrected chi connectivity index (χ3v) is 4.14. The van der Waals surface area contributed by atoms with Gasteiger partial charge in [0.15, 0.2) is 0 Å². The van der Waals surface area contributed by atoms with Crippen LogP contribution in [0.15, 0.2) is 22.8 Å². The zero-order chi connectivity index (χ0) is 9.80. The van der Waals surface area contributed by atoms with Crippen molar-refractivity contribution in [1.29, 1.82) is 0 Å². The summed E-state index contributed by atoms with van der Waals surface area (Å²) in [5.74, 6) is 2.82. The van der Waals surface area contributed by atoms with Gasteiger partial charge in [-0.15, -0.1) is 0 Å². The summed E-state index contributed by atoms with van der Waals surface area (Å²) in [6, 6.07) is 4.07. The van der Waals surface area contributed by atoms with Crippen LogP contribution in [0.3, 0.4) is 0 Å². The lowest BCUT2D eigenvalue weighted by molar-refractivity contribution is 0.346. The summed E-state index contributed by atoms with van der Waals surface area (Å²) >= 11 is 3.63. The summed E-state index contributed by atoms with van der Waals surface area (Å²) < 4.78 is 5.40. The lowest BCUT2D eigenvalue weighted by Gasteiger charge is -2.19. The minimum atomic E-state index is 0.767. The van der Waals surface area contributed by atoms with Crippen LogP contribution in [-0.4, -0.2) is 5.33 Å². The van der Waals surface area contributed by atoms with Gasteiger partial charge in [0.2, 0.25) is 0 Å². The van der Waals surface area contributed by atoms with Crippen LogP contribution in [0.1, 0.15) is 31.4 Å². The van der Waals surface area contributed by atoms with E-state index in [1.54, 1.807) is 6.26 Å². The molecule has 1 aliphatic carbocycles. The molecule has 2 rings (SSSR count). The van der Waals surface area contributed by atoms with Crippen LogP contribution in [0.25, 0.3) is 0 Å². The van der Waals surface area contributed by atoms with Gasteiger partial charge in [0.05, 0.1) is 6.26 Å². The first-order valence-corrected chi connectivity index (χ1v) is 6.60. The molecule has 1 saturated carbocycles. The Labute approximate surface area is 94.0 Å². The molecule has 2 heteroatoms. The summed E-state index contributed by atoms with van der Waals surface area (Å²) in [6.45, 7) is 0. The summed E-state index contributed by atoms with van der Waals surface area (Å²) in [5.41, 5.74) is 0. The molecule has 0 radical (unpaired) electrons. The van der Waals surface area contributed by atoms with Gasteiger partial charge in [0.1, 0.15) is 5.76 Å². The summed E-state index contributed by atoms with van der Waals surface area (Å²) in [7, 11) is 0. The predicted molar refractivity (Wildman–Crippen MR) is 61.7 cm³/mol. The molecule has 1 atom stereocenters. The lowest BCUT2D eigenvalue weighted by atomic mass is 9.89. The van der Waals surface area contributed by atoms with Crippen LogP contribution >= 0.6 is 15.9 Å². The average molecular weight is 257 g/mol. The van der Waals surface area contributed by atoms with Crippen molar-refractivity contribution < 1.29 is 4.42 Å². The molecule has 1 fully saturated rings. The topological polar surface area (TPSA) is 13.1 Å². The summed E-state index contributed by atoms with van der Waals surface area (Å²) in [5, 5.41) is 1.11. The highest BCUT2D eigenvalue weighted by atomic mass is 79.9. The number of hydrogen-bond acceptors (Lipinski definition) is 1. The quantitative estimate of drug-likeness (QED) is 0.742. The van der Waals surface area contributed by atoms with E-state index >= 15 is 0 Å². The van der Waals surface area contributed by atoms with E-state index in [4.69, 9.17) is 4.42 Å². The highest BCUT2D eigenvalue weighted by molar-refractivity contribution is 9.09. The van der Waals surface area contributed by atoms with E-state index in [1.165, 1.54) is 25.7 Å². The predicted octanol–water partition coefficient (Wildman–Crippen LogP) is 4.02. The second-order valence-corrected chi connectivity index (χ2v) is 4.89. The van der Waals surface area contributed by atoms with Gasteiger partial charge in [-0.25, -0.2) is 0 Å². The Bertz CT molecular complexity index is 249. The van der Waals surface area contributed by atoms with E-state index in [-0.39, 0.29) is 0 Å². The molecular formula is C12H17BrO. The second kappa shape index (κ2) is 5.01. The lowest BCUT2D eigenvalue weighted by Crippen LogP contribution is -2.15. The number of hydrogen-bond donors (Lipinski definition) is 0. The van der Waals surface area contributed by atoms with Crippen LogP contribution in [0.2, 0.25) is 0 Å². The number of halogens is 1. The highest BCUT2D eigenvalue weighted by Gasteiger charge is 2.24. The zero-order valence-electron chi connectivity index (χ0n) is 8.42. The fraction of sp³-hybridized carbons (Fsp3) is 0.667. The molecule has 1 heterocycles. The Morgan fingerprint density at radius 3 is 2.79 bits per heavy atom. The molecule has 0 N–H and O–H groups in total. The third-order valence-electron chi connectivity index (χ3n) is 3.31. The molecular weight excluding hydrogens is 240 g/mol. The van der Waals surface area contributed by atoms with Gasteiger partial charge in [0.25, 0.3) is 0 Å². The van der Waals surface area contributed by atoms with Crippen molar-refractivity contribution in [3.05, 3.63) is 24.2 Å². The Morgan fingerprint density at radius 1 is 1.43 bits per heavy atom. The standard InChI is InChI=1S/C12H17BrO/c13-9-11(10-4-1-2-5-10)8-12-6-3-7-14-12/h3,6-7,10-11H,1-2,4-5,8-9H2. The number of alkyl halides is 1. The first-order valence-electron chi connectivity index (χ1n) is 5.48. The van der Waals surface area contributed by atoms with Crippen molar-refractivity contribution in [3.63, 3.8) is 0 Å². The van der Waals surface area contributed by atoms with E-state index in [1.807, 2.05) is 6.07 Å². The number of furan rings is 1.